The molecule has 1 amide bonds. The molecule has 6 heteroatoms. The molecule has 1 aliphatic rings. The highest BCUT2D eigenvalue weighted by molar-refractivity contribution is 5.75. The van der Waals surface area contributed by atoms with E-state index < -0.39 is 0 Å². The summed E-state index contributed by atoms with van der Waals surface area (Å²) < 4.78 is 1.51. The molecule has 1 fully saturated rings. The fraction of sp³-hybridized carbons (Fsp3) is 0.700. The molecule has 1 aromatic heterocycles. The van der Waals surface area contributed by atoms with Crippen molar-refractivity contribution in [2.75, 3.05) is 0 Å². The van der Waals surface area contributed by atoms with Crippen molar-refractivity contribution in [1.82, 2.24) is 20.3 Å². The van der Waals surface area contributed by atoms with Crippen LogP contribution in [-0.2, 0) is 17.9 Å². The quantitative estimate of drug-likeness (QED) is 0.714. The van der Waals surface area contributed by atoms with Gasteiger partial charge in [-0.3, -0.25) is 4.79 Å². The van der Waals surface area contributed by atoms with Crippen LogP contribution in [-0.4, -0.2) is 26.9 Å². The largest absolute Gasteiger partial charge is 0.352 e. The summed E-state index contributed by atoms with van der Waals surface area (Å²) in [5.41, 5.74) is 6.10. The standard InChI is InChI=1S/C10H17N5O/c1-7(8-2-3-8)12-10(16)6-15-5-9(4-11)13-14-15/h5,7-8H,2-4,6,11H2,1H3,(H,12,16). The van der Waals surface area contributed by atoms with Crippen LogP contribution in [0.25, 0.3) is 0 Å². The Morgan fingerprint density at radius 1 is 1.75 bits per heavy atom. The minimum absolute atomic E-state index is 0.0205. The van der Waals surface area contributed by atoms with Crippen LogP contribution < -0.4 is 11.1 Å². The zero-order valence-corrected chi connectivity index (χ0v) is 9.39. The average molecular weight is 223 g/mol. The zero-order valence-electron chi connectivity index (χ0n) is 9.39. The minimum atomic E-state index is -0.0205. The first-order valence-corrected chi connectivity index (χ1v) is 5.57. The van der Waals surface area contributed by atoms with Crippen LogP contribution in [0.4, 0.5) is 0 Å². The molecule has 0 aliphatic heterocycles. The van der Waals surface area contributed by atoms with Crippen LogP contribution >= 0.6 is 0 Å². The first-order chi connectivity index (χ1) is 7.69. The highest BCUT2D eigenvalue weighted by Crippen LogP contribution is 2.32. The van der Waals surface area contributed by atoms with Crippen molar-refractivity contribution in [3.05, 3.63) is 11.9 Å². The molecule has 16 heavy (non-hydrogen) atoms. The number of hydrogen-bond acceptors (Lipinski definition) is 4. The van der Waals surface area contributed by atoms with Crippen LogP contribution in [0.2, 0.25) is 0 Å². The lowest BCUT2D eigenvalue weighted by Gasteiger charge is -2.12. The van der Waals surface area contributed by atoms with E-state index in [1.165, 1.54) is 17.5 Å². The molecule has 1 aromatic rings. The second-order valence-electron chi connectivity index (χ2n) is 4.31. The third-order valence-electron chi connectivity index (χ3n) is 2.82. The van der Waals surface area contributed by atoms with E-state index in [0.717, 1.165) is 0 Å². The van der Waals surface area contributed by atoms with E-state index >= 15 is 0 Å². The normalized spacial score (nSPS) is 17.1. The fourth-order valence-corrected chi connectivity index (χ4v) is 1.67. The number of rotatable bonds is 5. The van der Waals surface area contributed by atoms with E-state index in [0.29, 0.717) is 18.2 Å². The van der Waals surface area contributed by atoms with E-state index in [1.807, 2.05) is 6.92 Å². The van der Waals surface area contributed by atoms with Gasteiger partial charge in [0.15, 0.2) is 0 Å². The molecule has 0 aromatic carbocycles. The van der Waals surface area contributed by atoms with Crippen LogP contribution in [0.1, 0.15) is 25.5 Å². The number of nitrogens with zero attached hydrogens (tertiary/aromatic N) is 3. The van der Waals surface area contributed by atoms with E-state index in [1.54, 1.807) is 6.20 Å². The fourth-order valence-electron chi connectivity index (χ4n) is 1.67. The Bertz CT molecular complexity index is 371. The van der Waals surface area contributed by atoms with Gasteiger partial charge in [-0.2, -0.15) is 0 Å². The van der Waals surface area contributed by atoms with Gasteiger partial charge >= 0.3 is 0 Å². The Morgan fingerprint density at radius 2 is 2.50 bits per heavy atom. The maximum Gasteiger partial charge on any atom is 0.242 e. The van der Waals surface area contributed by atoms with E-state index in [2.05, 4.69) is 15.6 Å². The van der Waals surface area contributed by atoms with Gasteiger partial charge in [0, 0.05) is 12.6 Å². The highest BCUT2D eigenvalue weighted by atomic mass is 16.2. The van der Waals surface area contributed by atoms with Crippen LogP contribution in [0.5, 0.6) is 0 Å². The van der Waals surface area contributed by atoms with Gasteiger partial charge in [0.05, 0.1) is 11.9 Å². The van der Waals surface area contributed by atoms with Crippen molar-refractivity contribution in [2.45, 2.75) is 38.9 Å². The van der Waals surface area contributed by atoms with E-state index in [9.17, 15) is 4.79 Å². The van der Waals surface area contributed by atoms with Gasteiger partial charge in [0.1, 0.15) is 6.54 Å². The molecule has 2 rings (SSSR count). The second-order valence-corrected chi connectivity index (χ2v) is 4.31. The van der Waals surface area contributed by atoms with Crippen molar-refractivity contribution in [3.63, 3.8) is 0 Å². The second kappa shape index (κ2) is 4.61. The Hall–Kier alpha value is -1.43. The molecule has 1 heterocycles. The van der Waals surface area contributed by atoms with Crippen LogP contribution in [0.3, 0.4) is 0 Å². The van der Waals surface area contributed by atoms with Crippen molar-refractivity contribution in [1.29, 1.82) is 0 Å². The SMILES string of the molecule is CC(NC(=O)Cn1cc(CN)nn1)C1CC1. The Morgan fingerprint density at radius 3 is 3.06 bits per heavy atom. The average Bonchev–Trinajstić information content (AvgIpc) is 3.00. The number of aromatic nitrogens is 3. The molecule has 0 radical (unpaired) electrons. The van der Waals surface area contributed by atoms with Crippen molar-refractivity contribution in [2.24, 2.45) is 11.7 Å². The molecule has 1 unspecified atom stereocenters. The molecule has 1 saturated carbocycles. The lowest BCUT2D eigenvalue weighted by molar-refractivity contribution is -0.122. The molecule has 1 aliphatic carbocycles. The van der Waals surface area contributed by atoms with Crippen LogP contribution in [0.15, 0.2) is 6.20 Å². The first kappa shape index (κ1) is 11.1. The van der Waals surface area contributed by atoms with Gasteiger partial charge < -0.3 is 11.1 Å². The lowest BCUT2D eigenvalue weighted by Crippen LogP contribution is -2.36. The number of carbonyl (C=O) groups is 1. The minimum Gasteiger partial charge on any atom is -0.352 e. The Kier molecular flexibility index (Phi) is 3.19. The first-order valence-electron chi connectivity index (χ1n) is 5.57. The van der Waals surface area contributed by atoms with Gasteiger partial charge in [-0.1, -0.05) is 5.21 Å². The summed E-state index contributed by atoms with van der Waals surface area (Å²) in [5.74, 6) is 0.646. The molecule has 6 nitrogen and oxygen atoms in total. The van der Waals surface area contributed by atoms with Gasteiger partial charge in [-0.05, 0) is 25.7 Å². The summed E-state index contributed by atoms with van der Waals surface area (Å²) in [6, 6.07) is 0.269. The zero-order chi connectivity index (χ0) is 11.5. The number of carbonyl (C=O) groups excluding carboxylic acids is 1. The summed E-state index contributed by atoms with van der Waals surface area (Å²) in [6.45, 7) is 2.60. The van der Waals surface area contributed by atoms with Crippen LogP contribution in [0, 0.1) is 5.92 Å². The third kappa shape index (κ3) is 2.79. The summed E-state index contributed by atoms with van der Waals surface area (Å²) in [5, 5.41) is 10.6. The van der Waals surface area contributed by atoms with E-state index in [-0.39, 0.29) is 18.5 Å². The Balaban J connectivity index is 1.81. The molecule has 1 atom stereocenters. The smallest absolute Gasteiger partial charge is 0.242 e. The summed E-state index contributed by atoms with van der Waals surface area (Å²) in [4.78, 5) is 11.6. The van der Waals surface area contributed by atoms with Gasteiger partial charge in [0.2, 0.25) is 5.91 Å². The summed E-state index contributed by atoms with van der Waals surface area (Å²) in [7, 11) is 0. The monoisotopic (exact) mass is 223 g/mol. The van der Waals surface area contributed by atoms with Crippen molar-refractivity contribution in [3.8, 4) is 0 Å². The van der Waals surface area contributed by atoms with Gasteiger partial charge in [-0.25, -0.2) is 4.68 Å². The maximum atomic E-state index is 11.6. The predicted molar refractivity (Wildman–Crippen MR) is 58.2 cm³/mol. The van der Waals surface area contributed by atoms with Gasteiger partial charge in [-0.15, -0.1) is 5.10 Å². The molecule has 0 bridgehead atoms. The third-order valence-corrected chi connectivity index (χ3v) is 2.82. The predicted octanol–water partition coefficient (Wildman–Crippen LogP) is -0.349. The van der Waals surface area contributed by atoms with E-state index in [4.69, 9.17) is 5.73 Å². The summed E-state index contributed by atoms with van der Waals surface area (Å²) in [6.07, 6.45) is 4.14. The topological polar surface area (TPSA) is 85.8 Å². The van der Waals surface area contributed by atoms with Crippen molar-refractivity contribution >= 4 is 5.91 Å². The van der Waals surface area contributed by atoms with Crippen molar-refractivity contribution < 1.29 is 4.79 Å². The number of nitrogens with one attached hydrogen (secondary N) is 1. The number of amides is 1. The highest BCUT2D eigenvalue weighted by Gasteiger charge is 2.28. The molecule has 3 N–H and O–H groups in total. The van der Waals surface area contributed by atoms with Gasteiger partial charge in [0.25, 0.3) is 0 Å². The summed E-state index contributed by atoms with van der Waals surface area (Å²) >= 11 is 0. The number of hydrogen-bond donors (Lipinski definition) is 2. The lowest BCUT2D eigenvalue weighted by atomic mass is 10.2. The molecule has 88 valence electrons. The molecule has 0 spiro atoms. The maximum absolute atomic E-state index is 11.6. The number of nitrogens with two attached hydrogens (primary N) is 1. The molecule has 0 saturated heterocycles. The molecular formula is C10H17N5O. The Labute approximate surface area is 94.2 Å². The molecular weight excluding hydrogens is 206 g/mol.